The summed E-state index contributed by atoms with van der Waals surface area (Å²) in [4.78, 5) is 22.2. The SMILES string of the molecule is CC(C)=CC(=O)Nc1c(F)cccc1C(=O)O. The number of hydrogen-bond donors (Lipinski definition) is 2. The molecule has 0 heterocycles. The smallest absolute Gasteiger partial charge is 0.337 e. The van der Waals surface area contributed by atoms with Crippen LogP contribution in [0.1, 0.15) is 24.2 Å². The largest absolute Gasteiger partial charge is 0.478 e. The highest BCUT2D eigenvalue weighted by Gasteiger charge is 2.15. The van der Waals surface area contributed by atoms with Crippen molar-refractivity contribution in [2.45, 2.75) is 13.8 Å². The van der Waals surface area contributed by atoms with Gasteiger partial charge in [-0.05, 0) is 26.0 Å². The molecule has 0 aliphatic heterocycles. The first-order valence-electron chi connectivity index (χ1n) is 4.89. The van der Waals surface area contributed by atoms with E-state index in [0.29, 0.717) is 0 Å². The van der Waals surface area contributed by atoms with Crippen molar-refractivity contribution in [3.05, 3.63) is 41.2 Å². The molecule has 0 aliphatic carbocycles. The van der Waals surface area contributed by atoms with Gasteiger partial charge in [0.15, 0.2) is 0 Å². The summed E-state index contributed by atoms with van der Waals surface area (Å²) < 4.78 is 13.4. The number of hydrogen-bond acceptors (Lipinski definition) is 2. The van der Waals surface area contributed by atoms with Crippen molar-refractivity contribution in [3.63, 3.8) is 0 Å². The van der Waals surface area contributed by atoms with Crippen molar-refractivity contribution < 1.29 is 19.1 Å². The van der Waals surface area contributed by atoms with Crippen molar-refractivity contribution >= 4 is 17.6 Å². The van der Waals surface area contributed by atoms with Gasteiger partial charge in [0.2, 0.25) is 5.91 Å². The lowest BCUT2D eigenvalue weighted by Gasteiger charge is -2.07. The van der Waals surface area contributed by atoms with Gasteiger partial charge in [0.1, 0.15) is 5.82 Å². The second-order valence-corrected chi connectivity index (χ2v) is 3.68. The molecule has 0 spiro atoms. The average Bonchev–Trinajstić information content (AvgIpc) is 2.19. The molecule has 1 aromatic rings. The quantitative estimate of drug-likeness (QED) is 0.793. The number of halogens is 1. The van der Waals surface area contributed by atoms with Gasteiger partial charge in [-0.15, -0.1) is 0 Å². The maximum Gasteiger partial charge on any atom is 0.337 e. The summed E-state index contributed by atoms with van der Waals surface area (Å²) in [6.07, 6.45) is 1.26. The molecular formula is C12H12FNO3. The van der Waals surface area contributed by atoms with Crippen LogP contribution in [-0.2, 0) is 4.79 Å². The van der Waals surface area contributed by atoms with Gasteiger partial charge in [0, 0.05) is 6.08 Å². The number of carbonyl (C=O) groups excluding carboxylic acids is 1. The van der Waals surface area contributed by atoms with E-state index < -0.39 is 17.7 Å². The molecule has 17 heavy (non-hydrogen) atoms. The van der Waals surface area contributed by atoms with Crippen molar-refractivity contribution in [2.75, 3.05) is 5.32 Å². The van der Waals surface area contributed by atoms with Crippen LogP contribution in [0.15, 0.2) is 29.8 Å². The molecule has 0 saturated carbocycles. The first-order valence-corrected chi connectivity index (χ1v) is 4.89. The van der Waals surface area contributed by atoms with Crippen LogP contribution in [-0.4, -0.2) is 17.0 Å². The number of carbonyl (C=O) groups is 2. The molecule has 2 N–H and O–H groups in total. The number of nitrogens with one attached hydrogen (secondary N) is 1. The minimum absolute atomic E-state index is 0.277. The van der Waals surface area contributed by atoms with E-state index in [0.717, 1.165) is 11.6 Å². The molecule has 0 aliphatic rings. The number of carboxylic acid groups (broad SMARTS) is 1. The number of benzene rings is 1. The Balaban J connectivity index is 3.09. The van der Waals surface area contributed by atoms with Gasteiger partial charge in [0.25, 0.3) is 0 Å². The molecule has 0 aromatic heterocycles. The zero-order valence-corrected chi connectivity index (χ0v) is 9.45. The Bertz CT molecular complexity index is 491. The number of rotatable bonds is 3. The third kappa shape index (κ3) is 3.41. The molecule has 0 radical (unpaired) electrons. The minimum atomic E-state index is -1.29. The zero-order chi connectivity index (χ0) is 13.0. The molecule has 0 bridgehead atoms. The molecule has 4 nitrogen and oxygen atoms in total. The second kappa shape index (κ2) is 5.25. The van der Waals surface area contributed by atoms with E-state index in [1.54, 1.807) is 13.8 Å². The maximum absolute atomic E-state index is 13.4. The van der Waals surface area contributed by atoms with E-state index in [9.17, 15) is 14.0 Å². The number of anilines is 1. The van der Waals surface area contributed by atoms with E-state index in [2.05, 4.69) is 5.32 Å². The molecule has 0 fully saturated rings. The van der Waals surface area contributed by atoms with Crippen LogP contribution in [0, 0.1) is 5.82 Å². The fraction of sp³-hybridized carbons (Fsp3) is 0.167. The predicted molar refractivity (Wildman–Crippen MR) is 61.4 cm³/mol. The van der Waals surface area contributed by atoms with Gasteiger partial charge in [-0.2, -0.15) is 0 Å². The van der Waals surface area contributed by atoms with E-state index in [1.807, 2.05) is 0 Å². The van der Waals surface area contributed by atoms with Crippen molar-refractivity contribution in [1.82, 2.24) is 0 Å². The lowest BCUT2D eigenvalue weighted by atomic mass is 10.1. The summed E-state index contributed by atoms with van der Waals surface area (Å²) in [5.41, 5.74) is 0.138. The monoisotopic (exact) mass is 237 g/mol. The highest BCUT2D eigenvalue weighted by molar-refractivity contribution is 6.04. The number of para-hydroxylation sites is 1. The average molecular weight is 237 g/mol. The summed E-state index contributed by atoms with van der Waals surface area (Å²) in [6.45, 7) is 3.41. The van der Waals surface area contributed by atoms with Crippen LogP contribution < -0.4 is 5.32 Å². The molecule has 5 heteroatoms. The summed E-state index contributed by atoms with van der Waals surface area (Å²) >= 11 is 0. The van der Waals surface area contributed by atoms with Crippen LogP contribution in [0.2, 0.25) is 0 Å². The Kier molecular flexibility index (Phi) is 3.98. The second-order valence-electron chi connectivity index (χ2n) is 3.68. The van der Waals surface area contributed by atoms with Gasteiger partial charge < -0.3 is 10.4 Å². The maximum atomic E-state index is 13.4. The number of amides is 1. The standard InChI is InChI=1S/C12H12FNO3/c1-7(2)6-10(15)14-11-8(12(16)17)4-3-5-9(11)13/h3-6H,1-2H3,(H,14,15)(H,16,17). The van der Waals surface area contributed by atoms with Crippen LogP contribution in [0.5, 0.6) is 0 Å². The van der Waals surface area contributed by atoms with Crippen LogP contribution in [0.25, 0.3) is 0 Å². The molecule has 0 saturated heterocycles. The van der Waals surface area contributed by atoms with Gasteiger partial charge in [-0.25, -0.2) is 9.18 Å². The van der Waals surface area contributed by atoms with Crippen LogP contribution in [0.3, 0.4) is 0 Å². The van der Waals surface area contributed by atoms with Gasteiger partial charge in [-0.1, -0.05) is 11.6 Å². The predicted octanol–water partition coefficient (Wildman–Crippen LogP) is 2.43. The summed E-state index contributed by atoms with van der Waals surface area (Å²) in [5, 5.41) is 11.1. The van der Waals surface area contributed by atoms with E-state index >= 15 is 0 Å². The highest BCUT2D eigenvalue weighted by atomic mass is 19.1. The molecule has 90 valence electrons. The van der Waals surface area contributed by atoms with E-state index in [4.69, 9.17) is 5.11 Å². The van der Waals surface area contributed by atoms with Crippen molar-refractivity contribution in [2.24, 2.45) is 0 Å². The van der Waals surface area contributed by atoms with Crippen molar-refractivity contribution in [1.29, 1.82) is 0 Å². The Hall–Kier alpha value is -2.17. The third-order valence-corrected chi connectivity index (χ3v) is 1.91. The Morgan fingerprint density at radius 2 is 2.00 bits per heavy atom. The Labute approximate surface area is 97.8 Å². The normalized spacial score (nSPS) is 9.59. The van der Waals surface area contributed by atoms with E-state index in [1.165, 1.54) is 18.2 Å². The van der Waals surface area contributed by atoms with Crippen molar-refractivity contribution in [3.8, 4) is 0 Å². The fourth-order valence-electron chi connectivity index (χ4n) is 1.25. The number of carboxylic acids is 1. The van der Waals surface area contributed by atoms with Gasteiger partial charge >= 0.3 is 5.97 Å². The third-order valence-electron chi connectivity index (χ3n) is 1.91. The summed E-state index contributed by atoms with van der Waals surface area (Å²) in [5.74, 6) is -2.63. The Morgan fingerprint density at radius 1 is 1.35 bits per heavy atom. The lowest BCUT2D eigenvalue weighted by molar-refractivity contribution is -0.112. The topological polar surface area (TPSA) is 66.4 Å². The molecule has 1 amide bonds. The molecule has 0 unspecified atom stereocenters. The zero-order valence-electron chi connectivity index (χ0n) is 9.45. The summed E-state index contributed by atoms with van der Waals surface area (Å²) in [6, 6.07) is 3.59. The molecule has 1 aromatic carbocycles. The summed E-state index contributed by atoms with van der Waals surface area (Å²) in [7, 11) is 0. The minimum Gasteiger partial charge on any atom is -0.478 e. The van der Waals surface area contributed by atoms with Crippen LogP contribution >= 0.6 is 0 Å². The molecule has 0 atom stereocenters. The first-order chi connectivity index (χ1) is 7.91. The van der Waals surface area contributed by atoms with E-state index in [-0.39, 0.29) is 11.3 Å². The first kappa shape index (κ1) is 12.9. The van der Waals surface area contributed by atoms with Gasteiger partial charge in [-0.3, -0.25) is 4.79 Å². The number of allylic oxidation sites excluding steroid dienone is 1. The fourth-order valence-corrected chi connectivity index (χ4v) is 1.25. The number of aromatic carboxylic acids is 1. The molecular weight excluding hydrogens is 225 g/mol. The Morgan fingerprint density at radius 3 is 2.53 bits per heavy atom. The van der Waals surface area contributed by atoms with Gasteiger partial charge in [0.05, 0.1) is 11.3 Å². The lowest BCUT2D eigenvalue weighted by Crippen LogP contribution is -2.14. The molecule has 1 rings (SSSR count). The highest BCUT2D eigenvalue weighted by Crippen LogP contribution is 2.19. The van der Waals surface area contributed by atoms with Crippen LogP contribution in [0.4, 0.5) is 10.1 Å².